The van der Waals surface area contributed by atoms with Crippen LogP contribution in [0.3, 0.4) is 0 Å². The molecule has 0 atom stereocenters. The summed E-state index contributed by atoms with van der Waals surface area (Å²) < 4.78 is 38.8. The fourth-order valence-electron chi connectivity index (χ4n) is 2.56. The van der Waals surface area contributed by atoms with Crippen molar-refractivity contribution in [2.45, 2.75) is 0 Å². The van der Waals surface area contributed by atoms with Crippen molar-refractivity contribution in [3.8, 4) is 0 Å². The van der Waals surface area contributed by atoms with E-state index in [2.05, 4.69) is 35.6 Å². The largest absolute Gasteiger partial charge is 0.353 e. The van der Waals surface area contributed by atoms with Crippen LogP contribution in [0.2, 0.25) is 0 Å². The van der Waals surface area contributed by atoms with Crippen molar-refractivity contribution < 1.29 is 22.4 Å². The van der Waals surface area contributed by atoms with Gasteiger partial charge in [-0.15, -0.1) is 0 Å². The molecule has 0 bridgehead atoms. The van der Waals surface area contributed by atoms with Crippen LogP contribution in [-0.2, 0) is 14.9 Å². The maximum atomic E-state index is 13.1. The Hall–Kier alpha value is -3.77. The van der Waals surface area contributed by atoms with Gasteiger partial charge in [0.25, 0.3) is 5.91 Å². The number of carbonyl (C=O) groups excluding carboxylic acids is 1. The number of benzene rings is 1. The molecule has 0 fully saturated rings. The highest BCUT2D eigenvalue weighted by Crippen LogP contribution is 2.29. The van der Waals surface area contributed by atoms with Crippen LogP contribution in [0.25, 0.3) is 0 Å². The molecule has 3 rings (SSSR count). The number of para-hydroxylation sites is 2. The molecule has 0 aliphatic rings. The zero-order valence-electron chi connectivity index (χ0n) is 16.5. The normalized spacial score (nSPS) is 10.9. The smallest absolute Gasteiger partial charge is 0.278 e. The number of nitrogens with zero attached hydrogens (tertiary/aromatic N) is 2. The molecule has 0 saturated heterocycles. The molecule has 0 unspecified atom stereocenters. The van der Waals surface area contributed by atoms with Gasteiger partial charge in [0, 0.05) is 12.3 Å². The monoisotopic (exact) mass is 446 g/mol. The zero-order chi connectivity index (χ0) is 22.4. The van der Waals surface area contributed by atoms with E-state index in [4.69, 9.17) is 0 Å². The molecule has 0 radical (unpaired) electrons. The van der Waals surface area contributed by atoms with Crippen molar-refractivity contribution in [1.29, 1.82) is 0 Å². The summed E-state index contributed by atoms with van der Waals surface area (Å²) in [4.78, 5) is 25.1. The lowest BCUT2D eigenvalue weighted by Gasteiger charge is -2.16. The molecule has 0 saturated carbocycles. The van der Waals surface area contributed by atoms with E-state index in [1.54, 1.807) is 24.3 Å². The average molecular weight is 446 g/mol. The lowest BCUT2D eigenvalue weighted by atomic mass is 10.2. The van der Waals surface area contributed by atoms with Crippen molar-refractivity contribution in [2.75, 3.05) is 28.7 Å². The lowest BCUT2D eigenvalue weighted by Crippen LogP contribution is -2.23. The van der Waals surface area contributed by atoms with Gasteiger partial charge in [-0.25, -0.2) is 28.3 Å². The summed E-state index contributed by atoms with van der Waals surface area (Å²) in [6.07, 6.45) is 3.38. The SMILES string of the molecule is CONC(=O)c1cnc(Nc2ccc(F)cn2)cc1Nc1ccccc1NS(C)(=O)=O. The van der Waals surface area contributed by atoms with Crippen molar-refractivity contribution in [3.63, 3.8) is 0 Å². The molecular weight excluding hydrogens is 427 g/mol. The first-order valence-electron chi connectivity index (χ1n) is 8.81. The summed E-state index contributed by atoms with van der Waals surface area (Å²) in [7, 11) is -2.24. The Labute approximate surface area is 177 Å². The van der Waals surface area contributed by atoms with Crippen molar-refractivity contribution in [3.05, 3.63) is 66.2 Å². The number of carbonyl (C=O) groups is 1. The van der Waals surface area contributed by atoms with Gasteiger partial charge < -0.3 is 10.6 Å². The van der Waals surface area contributed by atoms with Gasteiger partial charge in [0.05, 0.1) is 42.2 Å². The fourth-order valence-corrected chi connectivity index (χ4v) is 3.14. The van der Waals surface area contributed by atoms with Crippen LogP contribution in [-0.4, -0.2) is 37.7 Å². The Morgan fingerprint density at radius 1 is 0.968 bits per heavy atom. The number of halogens is 1. The molecule has 0 aliphatic heterocycles. The minimum Gasteiger partial charge on any atom is -0.353 e. The molecule has 3 aromatic rings. The number of anilines is 5. The number of rotatable bonds is 8. The molecule has 1 amide bonds. The molecule has 2 aromatic heterocycles. The first-order chi connectivity index (χ1) is 14.7. The minimum atomic E-state index is -3.53. The third-order valence-corrected chi connectivity index (χ3v) is 4.41. The predicted molar refractivity (Wildman–Crippen MR) is 114 cm³/mol. The van der Waals surface area contributed by atoms with E-state index in [1.165, 1.54) is 31.5 Å². The second kappa shape index (κ2) is 9.36. The second-order valence-electron chi connectivity index (χ2n) is 6.28. The van der Waals surface area contributed by atoms with E-state index in [0.29, 0.717) is 23.0 Å². The second-order valence-corrected chi connectivity index (χ2v) is 8.03. The first-order valence-corrected chi connectivity index (χ1v) is 10.7. The highest BCUT2D eigenvalue weighted by atomic mass is 32.2. The number of aromatic nitrogens is 2. The van der Waals surface area contributed by atoms with Crippen LogP contribution in [0.1, 0.15) is 10.4 Å². The quantitative estimate of drug-likeness (QED) is 0.388. The van der Waals surface area contributed by atoms with E-state index >= 15 is 0 Å². The third kappa shape index (κ3) is 6.10. The Morgan fingerprint density at radius 2 is 1.68 bits per heavy atom. The molecule has 0 aliphatic carbocycles. The number of amides is 1. The van der Waals surface area contributed by atoms with Gasteiger partial charge in [-0.3, -0.25) is 14.4 Å². The summed E-state index contributed by atoms with van der Waals surface area (Å²) >= 11 is 0. The summed E-state index contributed by atoms with van der Waals surface area (Å²) in [5.74, 6) is -0.405. The molecule has 10 nitrogen and oxygen atoms in total. The van der Waals surface area contributed by atoms with E-state index in [0.717, 1.165) is 12.5 Å². The summed E-state index contributed by atoms with van der Waals surface area (Å²) in [6.45, 7) is 0. The highest BCUT2D eigenvalue weighted by Gasteiger charge is 2.16. The topological polar surface area (TPSA) is 134 Å². The van der Waals surface area contributed by atoms with Gasteiger partial charge >= 0.3 is 0 Å². The number of nitrogens with one attached hydrogen (secondary N) is 4. The van der Waals surface area contributed by atoms with Crippen LogP contribution in [0, 0.1) is 5.82 Å². The van der Waals surface area contributed by atoms with Gasteiger partial charge in [0.2, 0.25) is 10.0 Å². The molecule has 0 spiro atoms. The maximum Gasteiger partial charge on any atom is 0.278 e. The summed E-state index contributed by atoms with van der Waals surface area (Å²) in [5, 5.41) is 5.94. The first kappa shape index (κ1) is 21.9. The molecule has 12 heteroatoms. The molecule has 1 aromatic carbocycles. The van der Waals surface area contributed by atoms with Gasteiger partial charge in [-0.05, 0) is 24.3 Å². The van der Waals surface area contributed by atoms with Gasteiger partial charge in [0.1, 0.15) is 17.5 Å². The molecule has 31 heavy (non-hydrogen) atoms. The van der Waals surface area contributed by atoms with E-state index in [1.807, 2.05) is 0 Å². The minimum absolute atomic E-state index is 0.133. The van der Waals surface area contributed by atoms with Crippen LogP contribution in [0.15, 0.2) is 54.9 Å². The predicted octanol–water partition coefficient (Wildman–Crippen LogP) is 2.77. The maximum absolute atomic E-state index is 13.1. The van der Waals surface area contributed by atoms with Crippen LogP contribution < -0.4 is 20.8 Å². The fraction of sp³-hybridized carbons (Fsp3) is 0.105. The molecule has 162 valence electrons. The van der Waals surface area contributed by atoms with Crippen LogP contribution in [0.5, 0.6) is 0 Å². The van der Waals surface area contributed by atoms with Gasteiger partial charge in [0.15, 0.2) is 0 Å². The zero-order valence-corrected chi connectivity index (χ0v) is 17.3. The summed E-state index contributed by atoms with van der Waals surface area (Å²) in [5.41, 5.74) is 3.33. The van der Waals surface area contributed by atoms with Crippen LogP contribution >= 0.6 is 0 Å². The summed E-state index contributed by atoms with van der Waals surface area (Å²) in [6, 6.07) is 10.8. The third-order valence-electron chi connectivity index (χ3n) is 3.82. The average Bonchev–Trinajstić information content (AvgIpc) is 2.70. The Kier molecular flexibility index (Phi) is 6.62. The molecular formula is C19H19FN6O4S. The van der Waals surface area contributed by atoms with E-state index in [-0.39, 0.29) is 11.3 Å². The number of pyridine rings is 2. The van der Waals surface area contributed by atoms with E-state index < -0.39 is 21.7 Å². The number of hydrogen-bond donors (Lipinski definition) is 4. The van der Waals surface area contributed by atoms with Crippen molar-refractivity contribution >= 4 is 44.6 Å². The van der Waals surface area contributed by atoms with Crippen molar-refractivity contribution in [2.24, 2.45) is 0 Å². The molecule has 2 heterocycles. The van der Waals surface area contributed by atoms with Gasteiger partial charge in [-0.1, -0.05) is 12.1 Å². The van der Waals surface area contributed by atoms with Crippen molar-refractivity contribution in [1.82, 2.24) is 15.4 Å². The van der Waals surface area contributed by atoms with Gasteiger partial charge in [-0.2, -0.15) is 0 Å². The van der Waals surface area contributed by atoms with E-state index in [9.17, 15) is 17.6 Å². The highest BCUT2D eigenvalue weighted by molar-refractivity contribution is 7.92. The Balaban J connectivity index is 1.98. The number of hydrogen-bond acceptors (Lipinski definition) is 8. The Bertz CT molecular complexity index is 1190. The molecule has 4 N–H and O–H groups in total. The Morgan fingerprint density at radius 3 is 2.32 bits per heavy atom. The standard InChI is InChI=1S/C19H19FN6O4S/c1-30-25-19(27)13-11-22-18(24-17-8-7-12(20)10-21-17)9-16(13)23-14-5-3-4-6-15(14)26-31(2,28)29/h3-11,26H,1-2H3,(H,25,27)(H2,21,22,23,24). The van der Waals surface area contributed by atoms with Crippen LogP contribution in [0.4, 0.5) is 33.1 Å². The lowest BCUT2D eigenvalue weighted by molar-refractivity contribution is 0.0538. The number of sulfonamides is 1. The number of hydroxylamine groups is 1.